The summed E-state index contributed by atoms with van der Waals surface area (Å²) < 4.78 is 0. The van der Waals surface area contributed by atoms with E-state index in [0.29, 0.717) is 13.0 Å². The lowest BCUT2D eigenvalue weighted by Crippen LogP contribution is -2.51. The van der Waals surface area contributed by atoms with Gasteiger partial charge in [-0.15, -0.1) is 0 Å². The van der Waals surface area contributed by atoms with Crippen LogP contribution < -0.4 is 5.32 Å². The molecule has 1 aliphatic carbocycles. The second kappa shape index (κ2) is 5.96. The molecular formula is C17H25NO2. The van der Waals surface area contributed by atoms with Gasteiger partial charge in [0.2, 0.25) is 5.91 Å². The highest BCUT2D eigenvalue weighted by molar-refractivity contribution is 5.89. The molecule has 20 heavy (non-hydrogen) atoms. The molecule has 1 aliphatic rings. The lowest BCUT2D eigenvalue weighted by atomic mass is 9.63. The van der Waals surface area contributed by atoms with E-state index in [1.54, 1.807) is 0 Å². The van der Waals surface area contributed by atoms with Gasteiger partial charge >= 0.3 is 0 Å². The topological polar surface area (TPSA) is 49.3 Å². The molecule has 1 aromatic rings. The highest BCUT2D eigenvalue weighted by atomic mass is 16.3. The normalized spacial score (nSPS) is 17.4. The molecule has 1 aromatic carbocycles. The zero-order chi connectivity index (χ0) is 14.6. The minimum Gasteiger partial charge on any atom is -0.396 e. The number of aliphatic hydroxyl groups excluding tert-OH is 1. The summed E-state index contributed by atoms with van der Waals surface area (Å²) in [6.07, 6.45) is 3.68. The first-order valence-electron chi connectivity index (χ1n) is 7.45. The third-order valence-electron chi connectivity index (χ3n) is 4.48. The smallest absolute Gasteiger partial charge is 0.230 e. The molecule has 2 rings (SSSR count). The molecule has 3 heteroatoms. The molecule has 0 radical (unpaired) electrons. The molecule has 0 atom stereocenters. The standard InChI is InChI=1S/C17H25NO2/c1-16(2,11-12-19)13-18-15(20)17(9-6-10-17)14-7-4-3-5-8-14/h3-5,7-8,19H,6,9-13H2,1-2H3,(H,18,20). The predicted octanol–water partition coefficient (Wildman–Crippen LogP) is 2.63. The molecule has 1 amide bonds. The van der Waals surface area contributed by atoms with Crippen molar-refractivity contribution in [1.82, 2.24) is 5.32 Å². The first kappa shape index (κ1) is 15.0. The van der Waals surface area contributed by atoms with E-state index >= 15 is 0 Å². The number of aliphatic hydroxyl groups is 1. The molecule has 3 nitrogen and oxygen atoms in total. The van der Waals surface area contributed by atoms with Crippen LogP contribution >= 0.6 is 0 Å². The predicted molar refractivity (Wildman–Crippen MR) is 80.5 cm³/mol. The van der Waals surface area contributed by atoms with Gasteiger partial charge in [-0.25, -0.2) is 0 Å². The Morgan fingerprint density at radius 3 is 2.45 bits per heavy atom. The second-order valence-electron chi connectivity index (χ2n) is 6.62. The van der Waals surface area contributed by atoms with Crippen molar-refractivity contribution in [2.75, 3.05) is 13.2 Å². The van der Waals surface area contributed by atoms with Gasteiger partial charge in [-0.3, -0.25) is 4.79 Å². The van der Waals surface area contributed by atoms with Crippen LogP contribution in [0.3, 0.4) is 0 Å². The summed E-state index contributed by atoms with van der Waals surface area (Å²) >= 11 is 0. The van der Waals surface area contributed by atoms with Crippen molar-refractivity contribution in [3.05, 3.63) is 35.9 Å². The van der Waals surface area contributed by atoms with E-state index in [9.17, 15) is 4.79 Å². The fraction of sp³-hybridized carbons (Fsp3) is 0.588. The molecule has 0 unspecified atom stereocenters. The number of carbonyl (C=O) groups excluding carboxylic acids is 1. The number of hydrogen-bond acceptors (Lipinski definition) is 2. The van der Waals surface area contributed by atoms with Gasteiger partial charge in [0.05, 0.1) is 5.41 Å². The Kier molecular flexibility index (Phi) is 4.48. The van der Waals surface area contributed by atoms with Gasteiger partial charge in [-0.05, 0) is 30.2 Å². The largest absolute Gasteiger partial charge is 0.396 e. The molecule has 0 aromatic heterocycles. The lowest BCUT2D eigenvalue weighted by Gasteiger charge is -2.41. The van der Waals surface area contributed by atoms with E-state index < -0.39 is 0 Å². The highest BCUT2D eigenvalue weighted by Gasteiger charge is 2.45. The number of carbonyl (C=O) groups is 1. The Hall–Kier alpha value is -1.35. The first-order valence-corrected chi connectivity index (χ1v) is 7.45. The van der Waals surface area contributed by atoms with E-state index in [1.165, 1.54) is 0 Å². The van der Waals surface area contributed by atoms with Gasteiger partial charge in [0.15, 0.2) is 0 Å². The second-order valence-corrected chi connectivity index (χ2v) is 6.62. The van der Waals surface area contributed by atoms with Crippen LogP contribution in [-0.2, 0) is 10.2 Å². The van der Waals surface area contributed by atoms with Gasteiger partial charge in [0.1, 0.15) is 0 Å². The molecular weight excluding hydrogens is 250 g/mol. The first-order chi connectivity index (χ1) is 9.50. The molecule has 0 spiro atoms. The van der Waals surface area contributed by atoms with Gasteiger partial charge in [-0.2, -0.15) is 0 Å². The van der Waals surface area contributed by atoms with E-state index in [0.717, 1.165) is 24.8 Å². The van der Waals surface area contributed by atoms with Crippen LogP contribution in [0.1, 0.15) is 45.1 Å². The summed E-state index contributed by atoms with van der Waals surface area (Å²) in [4.78, 5) is 12.6. The highest BCUT2D eigenvalue weighted by Crippen LogP contribution is 2.44. The Morgan fingerprint density at radius 1 is 1.30 bits per heavy atom. The van der Waals surface area contributed by atoms with Gasteiger partial charge < -0.3 is 10.4 Å². The summed E-state index contributed by atoms with van der Waals surface area (Å²) in [5, 5.41) is 12.1. The third kappa shape index (κ3) is 3.04. The monoisotopic (exact) mass is 275 g/mol. The lowest BCUT2D eigenvalue weighted by molar-refractivity contribution is -0.130. The summed E-state index contributed by atoms with van der Waals surface area (Å²) in [5.74, 6) is 0.140. The zero-order valence-corrected chi connectivity index (χ0v) is 12.5. The van der Waals surface area contributed by atoms with Crippen molar-refractivity contribution in [3.8, 4) is 0 Å². The summed E-state index contributed by atoms with van der Waals surface area (Å²) in [7, 11) is 0. The average Bonchev–Trinajstić information content (AvgIpc) is 2.36. The van der Waals surface area contributed by atoms with Gasteiger partial charge in [-0.1, -0.05) is 50.6 Å². The van der Waals surface area contributed by atoms with Crippen molar-refractivity contribution in [2.24, 2.45) is 5.41 Å². The summed E-state index contributed by atoms with van der Waals surface area (Å²) in [6, 6.07) is 10.1. The molecule has 0 bridgehead atoms. The number of hydrogen-bond donors (Lipinski definition) is 2. The summed E-state index contributed by atoms with van der Waals surface area (Å²) in [6.45, 7) is 4.91. The maximum atomic E-state index is 12.6. The maximum absolute atomic E-state index is 12.6. The Morgan fingerprint density at radius 2 is 1.95 bits per heavy atom. The number of rotatable bonds is 6. The van der Waals surface area contributed by atoms with Crippen LogP contribution in [0.25, 0.3) is 0 Å². The fourth-order valence-corrected chi connectivity index (χ4v) is 2.81. The van der Waals surface area contributed by atoms with Crippen LogP contribution in [0, 0.1) is 5.41 Å². The van der Waals surface area contributed by atoms with Crippen LogP contribution in [0.4, 0.5) is 0 Å². The Labute approximate surface area is 121 Å². The van der Waals surface area contributed by atoms with Gasteiger partial charge in [0.25, 0.3) is 0 Å². The minimum absolute atomic E-state index is 0.0635. The SMILES string of the molecule is CC(C)(CCO)CNC(=O)C1(c2ccccc2)CCC1. The molecule has 1 saturated carbocycles. The Bertz CT molecular complexity index is 449. The van der Waals surface area contributed by atoms with Crippen molar-refractivity contribution in [2.45, 2.75) is 44.9 Å². The summed E-state index contributed by atoms with van der Waals surface area (Å²) in [5.41, 5.74) is 0.742. The van der Waals surface area contributed by atoms with Crippen LogP contribution in [0.15, 0.2) is 30.3 Å². The number of nitrogens with one attached hydrogen (secondary N) is 1. The molecule has 110 valence electrons. The molecule has 2 N–H and O–H groups in total. The van der Waals surface area contributed by atoms with E-state index in [-0.39, 0.29) is 23.3 Å². The van der Waals surface area contributed by atoms with Crippen molar-refractivity contribution >= 4 is 5.91 Å². The van der Waals surface area contributed by atoms with Crippen molar-refractivity contribution < 1.29 is 9.90 Å². The quantitative estimate of drug-likeness (QED) is 0.838. The molecule has 0 heterocycles. The number of benzene rings is 1. The maximum Gasteiger partial charge on any atom is 0.230 e. The third-order valence-corrected chi connectivity index (χ3v) is 4.48. The van der Waals surface area contributed by atoms with Gasteiger partial charge in [0, 0.05) is 13.2 Å². The van der Waals surface area contributed by atoms with Crippen LogP contribution in [0.2, 0.25) is 0 Å². The molecule has 0 saturated heterocycles. The molecule has 1 fully saturated rings. The Balaban J connectivity index is 2.04. The average molecular weight is 275 g/mol. The fourth-order valence-electron chi connectivity index (χ4n) is 2.81. The van der Waals surface area contributed by atoms with Crippen LogP contribution in [0.5, 0.6) is 0 Å². The molecule has 0 aliphatic heterocycles. The van der Waals surface area contributed by atoms with E-state index in [1.807, 2.05) is 18.2 Å². The number of amides is 1. The van der Waals surface area contributed by atoms with E-state index in [2.05, 4.69) is 31.3 Å². The van der Waals surface area contributed by atoms with Crippen LogP contribution in [-0.4, -0.2) is 24.2 Å². The zero-order valence-electron chi connectivity index (χ0n) is 12.5. The van der Waals surface area contributed by atoms with Crippen molar-refractivity contribution in [3.63, 3.8) is 0 Å². The van der Waals surface area contributed by atoms with E-state index in [4.69, 9.17) is 5.11 Å². The van der Waals surface area contributed by atoms with Crippen molar-refractivity contribution in [1.29, 1.82) is 0 Å². The minimum atomic E-state index is -0.323.